The van der Waals surface area contributed by atoms with Crippen LogP contribution < -0.4 is 5.73 Å². The minimum atomic E-state index is -0.669. The predicted molar refractivity (Wildman–Crippen MR) is 78.3 cm³/mol. The summed E-state index contributed by atoms with van der Waals surface area (Å²) in [6, 6.07) is 5.56. The van der Waals surface area contributed by atoms with E-state index in [0.717, 1.165) is 36.7 Å². The van der Waals surface area contributed by atoms with Gasteiger partial charge in [-0.15, -0.1) is 0 Å². The molecule has 1 aliphatic carbocycles. The summed E-state index contributed by atoms with van der Waals surface area (Å²) in [5, 5.41) is 20.3. The van der Waals surface area contributed by atoms with Gasteiger partial charge in [-0.2, -0.15) is 0 Å². The minimum absolute atomic E-state index is 0.0121. The third-order valence-corrected chi connectivity index (χ3v) is 4.14. The van der Waals surface area contributed by atoms with Crippen molar-refractivity contribution < 1.29 is 10.2 Å². The molecule has 4 N–H and O–H groups in total. The van der Waals surface area contributed by atoms with Crippen molar-refractivity contribution in [3.63, 3.8) is 0 Å². The second kappa shape index (κ2) is 5.07. The van der Waals surface area contributed by atoms with Gasteiger partial charge in [0, 0.05) is 5.69 Å². The average molecular weight is 275 g/mol. The summed E-state index contributed by atoms with van der Waals surface area (Å²) in [7, 11) is 0. The molecule has 1 fully saturated rings. The van der Waals surface area contributed by atoms with Gasteiger partial charge < -0.3 is 20.5 Å². The maximum atomic E-state index is 10.3. The van der Waals surface area contributed by atoms with Gasteiger partial charge in [-0.3, -0.25) is 0 Å². The molecule has 0 amide bonds. The first kappa shape index (κ1) is 13.4. The van der Waals surface area contributed by atoms with Crippen molar-refractivity contribution in [2.24, 2.45) is 0 Å². The Bertz CT molecular complexity index is 621. The number of aromatic nitrogens is 2. The molecule has 20 heavy (non-hydrogen) atoms. The Hall–Kier alpha value is -1.59. The molecule has 1 aromatic heterocycles. The summed E-state index contributed by atoms with van der Waals surface area (Å²) in [4.78, 5) is 4.50. The summed E-state index contributed by atoms with van der Waals surface area (Å²) >= 11 is 0. The summed E-state index contributed by atoms with van der Waals surface area (Å²) in [5.74, 6) is 0.608. The molecule has 2 aromatic rings. The molecule has 0 aliphatic heterocycles. The van der Waals surface area contributed by atoms with Crippen molar-refractivity contribution in [1.82, 2.24) is 9.55 Å². The Labute approximate surface area is 118 Å². The molecule has 3 atom stereocenters. The smallest absolute Gasteiger partial charge is 0.138 e. The summed E-state index contributed by atoms with van der Waals surface area (Å²) in [6.07, 6.45) is 2.82. The van der Waals surface area contributed by atoms with Crippen molar-refractivity contribution in [3.8, 4) is 0 Å². The number of benzene rings is 1. The molecule has 5 nitrogen and oxygen atoms in total. The Balaban J connectivity index is 2.18. The number of imidazole rings is 1. The highest BCUT2D eigenvalue weighted by Gasteiger charge is 2.29. The molecule has 1 saturated carbocycles. The van der Waals surface area contributed by atoms with Gasteiger partial charge in [-0.1, -0.05) is 12.8 Å². The van der Waals surface area contributed by atoms with Crippen LogP contribution in [0.15, 0.2) is 18.2 Å². The molecule has 0 spiro atoms. The highest BCUT2D eigenvalue weighted by Crippen LogP contribution is 2.34. The predicted octanol–water partition coefficient (Wildman–Crippen LogP) is 2.15. The lowest BCUT2D eigenvalue weighted by Gasteiger charge is -2.31. The molecule has 0 saturated heterocycles. The summed E-state index contributed by atoms with van der Waals surface area (Å²) < 4.78 is 2.00. The number of hydrogen-bond donors (Lipinski definition) is 3. The van der Waals surface area contributed by atoms with Gasteiger partial charge in [0.05, 0.1) is 23.2 Å². The van der Waals surface area contributed by atoms with E-state index in [1.54, 1.807) is 6.92 Å². The molecular formula is C15H21N3O2. The van der Waals surface area contributed by atoms with Gasteiger partial charge in [0.2, 0.25) is 0 Å². The van der Waals surface area contributed by atoms with Gasteiger partial charge in [0.1, 0.15) is 11.9 Å². The highest BCUT2D eigenvalue weighted by atomic mass is 16.3. The van der Waals surface area contributed by atoms with Crippen molar-refractivity contribution in [1.29, 1.82) is 0 Å². The van der Waals surface area contributed by atoms with E-state index in [4.69, 9.17) is 5.73 Å². The summed E-state index contributed by atoms with van der Waals surface area (Å²) in [5.41, 5.74) is 8.17. The third-order valence-electron chi connectivity index (χ3n) is 4.14. The average Bonchev–Trinajstić information content (AvgIpc) is 2.78. The first-order valence-corrected chi connectivity index (χ1v) is 7.21. The number of nitrogen functional groups attached to an aromatic ring is 1. The van der Waals surface area contributed by atoms with E-state index < -0.39 is 6.10 Å². The van der Waals surface area contributed by atoms with Crippen molar-refractivity contribution >= 4 is 16.7 Å². The second-order valence-corrected chi connectivity index (χ2v) is 5.68. The fourth-order valence-corrected chi connectivity index (χ4v) is 3.17. The van der Waals surface area contributed by atoms with Crippen LogP contribution in [-0.2, 0) is 0 Å². The van der Waals surface area contributed by atoms with Crippen molar-refractivity contribution in [3.05, 3.63) is 24.0 Å². The van der Waals surface area contributed by atoms with Crippen LogP contribution >= 0.6 is 0 Å². The van der Waals surface area contributed by atoms with Crippen LogP contribution in [0.4, 0.5) is 5.69 Å². The molecule has 0 radical (unpaired) electrons. The van der Waals surface area contributed by atoms with E-state index in [0.29, 0.717) is 11.5 Å². The van der Waals surface area contributed by atoms with Crippen LogP contribution in [0, 0.1) is 0 Å². The van der Waals surface area contributed by atoms with Crippen LogP contribution in [0.25, 0.3) is 11.0 Å². The van der Waals surface area contributed by atoms with E-state index in [9.17, 15) is 10.2 Å². The van der Waals surface area contributed by atoms with Crippen LogP contribution in [0.3, 0.4) is 0 Å². The van der Waals surface area contributed by atoms with Crippen molar-refractivity contribution in [2.75, 3.05) is 5.73 Å². The van der Waals surface area contributed by atoms with Crippen LogP contribution in [-0.4, -0.2) is 25.9 Å². The number of rotatable bonds is 2. The fraction of sp³-hybridized carbons (Fsp3) is 0.533. The monoisotopic (exact) mass is 275 g/mol. The fourth-order valence-electron chi connectivity index (χ4n) is 3.17. The van der Waals surface area contributed by atoms with E-state index in [-0.39, 0.29) is 12.1 Å². The topological polar surface area (TPSA) is 84.3 Å². The first-order chi connectivity index (χ1) is 9.58. The van der Waals surface area contributed by atoms with E-state index in [1.165, 1.54) is 0 Å². The zero-order valence-electron chi connectivity index (χ0n) is 11.7. The molecule has 1 aromatic carbocycles. The minimum Gasteiger partial charge on any atom is -0.399 e. The maximum absolute atomic E-state index is 10.3. The standard InChI is InChI=1S/C15H21N3O2/c1-9(19)15-17-11-8-10(16)6-7-12(11)18(15)13-4-2-3-5-14(13)20/h6-9,13-14,19-20H,2-5,16H2,1H3. The zero-order valence-corrected chi connectivity index (χ0v) is 11.7. The Morgan fingerprint density at radius 1 is 1.35 bits per heavy atom. The van der Waals surface area contributed by atoms with Gasteiger partial charge in [-0.05, 0) is 38.0 Å². The van der Waals surface area contributed by atoms with Gasteiger partial charge in [-0.25, -0.2) is 4.98 Å². The van der Waals surface area contributed by atoms with Gasteiger partial charge in [0.15, 0.2) is 0 Å². The normalized spacial score (nSPS) is 24.9. The van der Waals surface area contributed by atoms with Gasteiger partial charge >= 0.3 is 0 Å². The molecule has 0 bridgehead atoms. The molecule has 1 heterocycles. The van der Waals surface area contributed by atoms with Crippen molar-refractivity contribution in [2.45, 2.75) is 50.9 Å². The molecular weight excluding hydrogens is 254 g/mol. The number of aliphatic hydroxyl groups excluding tert-OH is 2. The second-order valence-electron chi connectivity index (χ2n) is 5.68. The number of aliphatic hydroxyl groups is 2. The largest absolute Gasteiger partial charge is 0.399 e. The van der Waals surface area contributed by atoms with Crippen LogP contribution in [0.1, 0.15) is 50.6 Å². The lowest BCUT2D eigenvalue weighted by molar-refractivity contribution is 0.0709. The lowest BCUT2D eigenvalue weighted by atomic mass is 9.92. The molecule has 5 heteroatoms. The van der Waals surface area contributed by atoms with E-state index in [1.807, 2.05) is 22.8 Å². The number of hydrogen-bond acceptors (Lipinski definition) is 4. The molecule has 1 aliphatic rings. The number of nitrogens with two attached hydrogens (primary N) is 1. The molecule has 3 rings (SSSR count). The van der Waals surface area contributed by atoms with E-state index in [2.05, 4.69) is 4.98 Å². The first-order valence-electron chi connectivity index (χ1n) is 7.21. The Kier molecular flexibility index (Phi) is 3.40. The maximum Gasteiger partial charge on any atom is 0.138 e. The van der Waals surface area contributed by atoms with Gasteiger partial charge in [0.25, 0.3) is 0 Å². The quantitative estimate of drug-likeness (QED) is 0.733. The molecule has 108 valence electrons. The van der Waals surface area contributed by atoms with E-state index >= 15 is 0 Å². The number of anilines is 1. The zero-order chi connectivity index (χ0) is 14.3. The van der Waals surface area contributed by atoms with Crippen LogP contribution in [0.5, 0.6) is 0 Å². The van der Waals surface area contributed by atoms with Crippen LogP contribution in [0.2, 0.25) is 0 Å². The molecule has 3 unspecified atom stereocenters. The Morgan fingerprint density at radius 2 is 2.10 bits per heavy atom. The SMILES string of the molecule is CC(O)c1nc2cc(N)ccc2n1C1CCCCC1O. The highest BCUT2D eigenvalue weighted by molar-refractivity contribution is 5.80. The summed E-state index contributed by atoms with van der Waals surface area (Å²) in [6.45, 7) is 1.70. The lowest BCUT2D eigenvalue weighted by Crippen LogP contribution is -2.29. The Morgan fingerprint density at radius 3 is 2.80 bits per heavy atom. The number of fused-ring (bicyclic) bond motifs is 1. The number of nitrogens with zero attached hydrogens (tertiary/aromatic N) is 2. The third kappa shape index (κ3) is 2.17.